The van der Waals surface area contributed by atoms with Gasteiger partial charge in [0.1, 0.15) is 0 Å². The smallest absolute Gasteiger partial charge is 0.309 e. The van der Waals surface area contributed by atoms with Crippen LogP contribution in [0.25, 0.3) is 0 Å². The fraction of sp³-hybridized carbons (Fsp3) is 0.471. The average Bonchev–Trinajstić information content (AvgIpc) is 3.16. The summed E-state index contributed by atoms with van der Waals surface area (Å²) in [6, 6.07) is 6.88. The highest BCUT2D eigenvalue weighted by molar-refractivity contribution is 7.89. The molecule has 0 radical (unpaired) electrons. The van der Waals surface area contributed by atoms with Crippen molar-refractivity contribution in [1.82, 2.24) is 4.31 Å². The first-order valence-electron chi connectivity index (χ1n) is 7.86. The zero-order valence-electron chi connectivity index (χ0n) is 13.4. The summed E-state index contributed by atoms with van der Waals surface area (Å²) in [6.07, 6.45) is 2.71. The number of benzene rings is 1. The third-order valence-electron chi connectivity index (χ3n) is 4.43. The fourth-order valence-electron chi connectivity index (χ4n) is 2.98. The van der Waals surface area contributed by atoms with Crippen LogP contribution in [0.4, 0.5) is 0 Å². The number of carbonyl (C=O) groups is 1. The molecule has 0 unspecified atom stereocenters. The molecule has 5 nitrogen and oxygen atoms in total. The molecule has 2 aliphatic rings. The Morgan fingerprint density at radius 2 is 2.00 bits per heavy atom. The molecule has 124 valence electrons. The number of carbonyl (C=O) groups excluding carboxylic acids is 1. The molecule has 3 rings (SSSR count). The molecule has 23 heavy (non-hydrogen) atoms. The van der Waals surface area contributed by atoms with Crippen molar-refractivity contribution in [3.8, 4) is 0 Å². The Morgan fingerprint density at radius 3 is 2.65 bits per heavy atom. The van der Waals surface area contributed by atoms with Gasteiger partial charge in [0.15, 0.2) is 0 Å². The maximum absolute atomic E-state index is 12.7. The van der Waals surface area contributed by atoms with Gasteiger partial charge in [0.25, 0.3) is 0 Å². The van der Waals surface area contributed by atoms with Gasteiger partial charge in [0.05, 0.1) is 17.4 Å². The van der Waals surface area contributed by atoms with E-state index in [1.165, 1.54) is 4.31 Å². The van der Waals surface area contributed by atoms with Crippen LogP contribution in [0, 0.1) is 18.8 Å². The molecular weight excluding hydrogens is 314 g/mol. The monoisotopic (exact) mass is 335 g/mol. The molecule has 0 saturated heterocycles. The van der Waals surface area contributed by atoms with E-state index in [1.807, 2.05) is 13.0 Å². The molecule has 0 bridgehead atoms. The lowest BCUT2D eigenvalue weighted by Gasteiger charge is -2.16. The van der Waals surface area contributed by atoms with Crippen LogP contribution in [0.15, 0.2) is 40.8 Å². The van der Waals surface area contributed by atoms with E-state index >= 15 is 0 Å². The molecule has 1 aromatic rings. The van der Waals surface area contributed by atoms with Gasteiger partial charge >= 0.3 is 5.97 Å². The summed E-state index contributed by atoms with van der Waals surface area (Å²) in [5.41, 5.74) is 2.07. The number of hydrogen-bond donors (Lipinski definition) is 0. The quantitative estimate of drug-likeness (QED) is 0.611. The van der Waals surface area contributed by atoms with E-state index in [0.717, 1.165) is 17.6 Å². The van der Waals surface area contributed by atoms with Gasteiger partial charge in [-0.2, -0.15) is 4.31 Å². The van der Waals surface area contributed by atoms with Crippen LogP contribution in [0.5, 0.6) is 0 Å². The van der Waals surface area contributed by atoms with E-state index in [9.17, 15) is 13.2 Å². The molecule has 2 atom stereocenters. The van der Waals surface area contributed by atoms with Crippen molar-refractivity contribution in [3.63, 3.8) is 0 Å². The zero-order valence-corrected chi connectivity index (χ0v) is 14.2. The molecule has 1 aliphatic carbocycles. The molecule has 6 heteroatoms. The normalized spacial score (nSPS) is 24.3. The molecule has 0 aromatic heterocycles. The maximum Gasteiger partial charge on any atom is 0.309 e. The topological polar surface area (TPSA) is 63.7 Å². The van der Waals surface area contributed by atoms with E-state index in [4.69, 9.17) is 4.74 Å². The van der Waals surface area contributed by atoms with Crippen LogP contribution in [0.3, 0.4) is 0 Å². The number of esters is 1. The van der Waals surface area contributed by atoms with E-state index in [2.05, 4.69) is 0 Å². The number of nitrogens with zero attached hydrogens (tertiary/aromatic N) is 1. The summed E-state index contributed by atoms with van der Waals surface area (Å²) < 4.78 is 31.8. The van der Waals surface area contributed by atoms with Crippen molar-refractivity contribution in [2.75, 3.05) is 19.7 Å². The summed E-state index contributed by atoms with van der Waals surface area (Å²) >= 11 is 0. The first kappa shape index (κ1) is 16.2. The highest BCUT2D eigenvalue weighted by atomic mass is 32.2. The van der Waals surface area contributed by atoms with Gasteiger partial charge in [0.2, 0.25) is 10.0 Å². The van der Waals surface area contributed by atoms with Crippen molar-refractivity contribution in [2.45, 2.75) is 25.2 Å². The Kier molecular flexibility index (Phi) is 4.29. The zero-order chi connectivity index (χ0) is 16.6. The highest BCUT2D eigenvalue weighted by Crippen LogP contribution is 2.46. The van der Waals surface area contributed by atoms with Crippen LogP contribution in [0.2, 0.25) is 0 Å². The maximum atomic E-state index is 12.7. The minimum atomic E-state index is -3.48. The van der Waals surface area contributed by atoms with Gasteiger partial charge in [-0.15, -0.1) is 0 Å². The minimum absolute atomic E-state index is 0.0942. The van der Waals surface area contributed by atoms with E-state index < -0.39 is 10.0 Å². The Hall–Kier alpha value is -1.66. The fourth-order valence-corrected chi connectivity index (χ4v) is 4.35. The van der Waals surface area contributed by atoms with Crippen molar-refractivity contribution in [2.24, 2.45) is 11.8 Å². The number of sulfonamides is 1. The lowest BCUT2D eigenvalue weighted by atomic mass is 10.1. The molecule has 1 fully saturated rings. The molecular formula is C17H21NO4S. The summed E-state index contributed by atoms with van der Waals surface area (Å²) in [4.78, 5) is 12.0. The summed E-state index contributed by atoms with van der Waals surface area (Å²) in [5, 5.41) is 0. The minimum Gasteiger partial charge on any atom is -0.466 e. The lowest BCUT2D eigenvalue weighted by Crippen LogP contribution is -2.29. The van der Waals surface area contributed by atoms with Gasteiger partial charge in [-0.3, -0.25) is 4.79 Å². The van der Waals surface area contributed by atoms with Crippen LogP contribution >= 0.6 is 0 Å². The Labute approximate surface area is 137 Å². The van der Waals surface area contributed by atoms with Crippen LogP contribution in [0.1, 0.15) is 18.9 Å². The lowest BCUT2D eigenvalue weighted by molar-refractivity contribution is -0.144. The van der Waals surface area contributed by atoms with Crippen molar-refractivity contribution in [1.29, 1.82) is 0 Å². The van der Waals surface area contributed by atoms with Crippen LogP contribution in [-0.4, -0.2) is 38.4 Å². The number of aryl methyl sites for hydroxylation is 1. The standard InChI is InChI=1S/C17H21NO4S/c1-3-22-17(19)16-10-15(16)13-8-9-18(11-13)23(20,21)14-6-4-12(2)5-7-14/h4-8,15-16H,3,9-11H2,1-2H3/t15-,16+/m0/s1. The van der Waals surface area contributed by atoms with Crippen molar-refractivity contribution >= 4 is 16.0 Å². The second-order valence-electron chi connectivity index (χ2n) is 6.09. The van der Waals surface area contributed by atoms with E-state index in [1.54, 1.807) is 31.2 Å². The van der Waals surface area contributed by atoms with Gasteiger partial charge in [-0.1, -0.05) is 29.3 Å². The number of hydrogen-bond acceptors (Lipinski definition) is 4. The van der Waals surface area contributed by atoms with Gasteiger partial charge in [-0.25, -0.2) is 8.42 Å². The average molecular weight is 335 g/mol. The van der Waals surface area contributed by atoms with Crippen molar-refractivity contribution in [3.05, 3.63) is 41.5 Å². The number of ether oxygens (including phenoxy) is 1. The second-order valence-corrected chi connectivity index (χ2v) is 8.03. The van der Waals surface area contributed by atoms with E-state index in [-0.39, 0.29) is 17.8 Å². The number of rotatable bonds is 5. The Balaban J connectivity index is 1.65. The van der Waals surface area contributed by atoms with Gasteiger partial charge < -0.3 is 4.74 Å². The molecule has 1 heterocycles. The Morgan fingerprint density at radius 1 is 1.30 bits per heavy atom. The molecule has 1 saturated carbocycles. The third-order valence-corrected chi connectivity index (χ3v) is 6.26. The largest absolute Gasteiger partial charge is 0.466 e. The molecule has 0 amide bonds. The predicted octanol–water partition coefficient (Wildman–Crippen LogP) is 2.12. The Bertz CT molecular complexity index is 736. The van der Waals surface area contributed by atoms with Crippen LogP contribution in [-0.2, 0) is 19.6 Å². The SMILES string of the molecule is CCOC(=O)[C@@H]1C[C@H]1C1=CCN(S(=O)(=O)c2ccc(C)cc2)C1. The van der Waals surface area contributed by atoms with Gasteiger partial charge in [-0.05, 0) is 38.3 Å². The summed E-state index contributed by atoms with van der Waals surface area (Å²) in [6.45, 7) is 4.85. The molecule has 0 spiro atoms. The van der Waals surface area contributed by atoms with Gasteiger partial charge in [0, 0.05) is 13.1 Å². The molecule has 1 aliphatic heterocycles. The molecule has 0 N–H and O–H groups in total. The first-order chi connectivity index (χ1) is 10.9. The first-order valence-corrected chi connectivity index (χ1v) is 9.30. The van der Waals surface area contributed by atoms with Crippen molar-refractivity contribution < 1.29 is 17.9 Å². The van der Waals surface area contributed by atoms with E-state index in [0.29, 0.717) is 24.6 Å². The highest BCUT2D eigenvalue weighted by Gasteiger charge is 2.48. The predicted molar refractivity (Wildman–Crippen MR) is 86.3 cm³/mol. The third kappa shape index (κ3) is 3.19. The van der Waals surface area contributed by atoms with Crippen LogP contribution < -0.4 is 0 Å². The second kappa shape index (κ2) is 6.09. The summed E-state index contributed by atoms with van der Waals surface area (Å²) in [5.74, 6) is -0.117. The summed E-state index contributed by atoms with van der Waals surface area (Å²) in [7, 11) is -3.48. The molecule has 1 aromatic carbocycles.